The van der Waals surface area contributed by atoms with Crippen molar-refractivity contribution in [2.24, 2.45) is 0 Å². The first kappa shape index (κ1) is 27.6. The van der Waals surface area contributed by atoms with Gasteiger partial charge in [-0.15, -0.1) is 0 Å². The van der Waals surface area contributed by atoms with Crippen LogP contribution >= 0.6 is 0 Å². The Kier molecular flexibility index (Phi) is 8.08. The summed E-state index contributed by atoms with van der Waals surface area (Å²) in [5, 5.41) is 16.4. The van der Waals surface area contributed by atoms with Gasteiger partial charge < -0.3 is 10.6 Å². The largest absolute Gasteiger partial charge is 0.348 e. The van der Waals surface area contributed by atoms with E-state index in [0.29, 0.717) is 36.8 Å². The molecule has 202 valence electrons. The van der Waals surface area contributed by atoms with Crippen LogP contribution in [-0.4, -0.2) is 52.4 Å². The van der Waals surface area contributed by atoms with Crippen molar-refractivity contribution in [1.82, 2.24) is 20.5 Å². The Bertz CT molecular complexity index is 1160. The highest BCUT2D eigenvalue weighted by molar-refractivity contribution is 6.04. The van der Waals surface area contributed by atoms with E-state index in [-0.39, 0.29) is 17.2 Å². The summed E-state index contributed by atoms with van der Waals surface area (Å²) in [5.74, 6) is -0.541. The molecule has 2 aliphatic rings. The number of pyridine rings is 1. The van der Waals surface area contributed by atoms with Gasteiger partial charge in [0.1, 0.15) is 12.1 Å². The molecular weight excluding hydrogens is 476 g/mol. The standard InChI is InChI=1S/C30H40N6O2/c1-29(2,3)22-10-14-24(15-11-22)36(28(38)25-9-7-17-35(25)20-31)26(21-8-6-16-32-18-21)27(37)34-30(4,5)19-33-23-12-13-23/h6,8,10-11,14-16,18,23,25-26,33H,7,9,12-13,17,19H2,1-5H3,(H,34,37)/t25-,26?/m1/s1. The number of carbonyl (C=O) groups excluding carboxylic acids is 2. The van der Waals surface area contributed by atoms with Gasteiger partial charge >= 0.3 is 0 Å². The molecule has 0 spiro atoms. The zero-order chi connectivity index (χ0) is 27.5. The van der Waals surface area contributed by atoms with Crippen molar-refractivity contribution in [3.05, 3.63) is 59.9 Å². The van der Waals surface area contributed by atoms with Crippen LogP contribution in [0, 0.1) is 11.5 Å². The van der Waals surface area contributed by atoms with Gasteiger partial charge in [-0.2, -0.15) is 5.26 Å². The second-order valence-corrected chi connectivity index (χ2v) is 12.2. The zero-order valence-electron chi connectivity index (χ0n) is 23.2. The number of amides is 2. The van der Waals surface area contributed by atoms with Crippen LogP contribution in [0.1, 0.15) is 77.5 Å². The number of nitriles is 1. The van der Waals surface area contributed by atoms with Gasteiger partial charge in [0.2, 0.25) is 5.91 Å². The maximum Gasteiger partial charge on any atom is 0.251 e. The van der Waals surface area contributed by atoms with E-state index in [4.69, 9.17) is 0 Å². The van der Waals surface area contributed by atoms with Crippen molar-refractivity contribution >= 4 is 17.5 Å². The minimum Gasteiger partial charge on any atom is -0.348 e. The van der Waals surface area contributed by atoms with Crippen LogP contribution in [0.2, 0.25) is 0 Å². The van der Waals surface area contributed by atoms with E-state index in [1.807, 2.05) is 44.2 Å². The number of nitrogens with one attached hydrogen (secondary N) is 2. The lowest BCUT2D eigenvalue weighted by molar-refractivity contribution is -0.129. The van der Waals surface area contributed by atoms with Crippen molar-refractivity contribution in [3.8, 4) is 6.19 Å². The fourth-order valence-electron chi connectivity index (χ4n) is 4.92. The normalized spacial score (nSPS) is 18.5. The molecule has 2 fully saturated rings. The van der Waals surface area contributed by atoms with Crippen molar-refractivity contribution in [2.45, 2.75) is 89.4 Å². The van der Waals surface area contributed by atoms with Crippen molar-refractivity contribution in [2.75, 3.05) is 18.0 Å². The molecule has 1 saturated carbocycles. The molecule has 2 atom stereocenters. The third-order valence-electron chi connectivity index (χ3n) is 7.29. The number of benzene rings is 1. The average molecular weight is 517 g/mol. The van der Waals surface area contributed by atoms with Crippen LogP contribution in [0.15, 0.2) is 48.8 Å². The predicted octanol–water partition coefficient (Wildman–Crippen LogP) is 4.05. The molecule has 4 rings (SSSR count). The summed E-state index contributed by atoms with van der Waals surface area (Å²) >= 11 is 0. The predicted molar refractivity (Wildman–Crippen MR) is 148 cm³/mol. The number of rotatable bonds is 9. The molecule has 1 aromatic heterocycles. The van der Waals surface area contributed by atoms with Crippen LogP contribution in [0.3, 0.4) is 0 Å². The number of hydrogen-bond donors (Lipinski definition) is 2. The summed E-state index contributed by atoms with van der Waals surface area (Å²) in [4.78, 5) is 35.7. The van der Waals surface area contributed by atoms with Crippen LogP contribution in [0.4, 0.5) is 5.69 Å². The summed E-state index contributed by atoms with van der Waals surface area (Å²) in [5.41, 5.74) is 1.77. The molecule has 1 aliphatic carbocycles. The van der Waals surface area contributed by atoms with Gasteiger partial charge in [-0.3, -0.25) is 24.4 Å². The maximum absolute atomic E-state index is 14.2. The first-order valence-electron chi connectivity index (χ1n) is 13.6. The van der Waals surface area contributed by atoms with Gasteiger partial charge in [0, 0.05) is 48.3 Å². The topological polar surface area (TPSA) is 101 Å². The molecule has 1 aliphatic heterocycles. The van der Waals surface area contributed by atoms with Gasteiger partial charge in [-0.05, 0) is 68.7 Å². The third-order valence-corrected chi connectivity index (χ3v) is 7.29. The number of anilines is 1. The van der Waals surface area contributed by atoms with Crippen molar-refractivity contribution < 1.29 is 9.59 Å². The SMILES string of the molecule is CC(C)(CNC1CC1)NC(=O)C(c1cccnc1)N(C(=O)[C@H]1CCCN1C#N)c1ccc(C(C)(C)C)cc1. The molecule has 2 heterocycles. The lowest BCUT2D eigenvalue weighted by atomic mass is 9.87. The lowest BCUT2D eigenvalue weighted by Gasteiger charge is -2.37. The Labute approximate surface area is 226 Å². The molecule has 2 aromatic rings. The molecular formula is C30H40N6O2. The smallest absolute Gasteiger partial charge is 0.251 e. The summed E-state index contributed by atoms with van der Waals surface area (Å²) in [6.45, 7) is 11.5. The van der Waals surface area contributed by atoms with E-state index in [1.165, 1.54) is 4.90 Å². The van der Waals surface area contributed by atoms with E-state index < -0.39 is 17.6 Å². The quantitative estimate of drug-likeness (QED) is 0.488. The molecule has 0 radical (unpaired) electrons. The molecule has 8 nitrogen and oxygen atoms in total. The molecule has 8 heteroatoms. The number of carbonyl (C=O) groups is 2. The van der Waals surface area contributed by atoms with E-state index in [2.05, 4.69) is 42.6 Å². The first-order valence-corrected chi connectivity index (χ1v) is 13.6. The van der Waals surface area contributed by atoms with Crippen LogP contribution in [0.25, 0.3) is 0 Å². The number of hydrogen-bond acceptors (Lipinski definition) is 6. The minimum absolute atomic E-state index is 0.0604. The average Bonchev–Trinajstić information content (AvgIpc) is 3.59. The maximum atomic E-state index is 14.2. The summed E-state index contributed by atoms with van der Waals surface area (Å²) in [7, 11) is 0. The Hall–Kier alpha value is -3.44. The van der Waals surface area contributed by atoms with Gasteiger partial charge in [0.05, 0.1) is 0 Å². The Morgan fingerprint density at radius 3 is 2.42 bits per heavy atom. The highest BCUT2D eigenvalue weighted by atomic mass is 16.2. The van der Waals surface area contributed by atoms with E-state index in [1.54, 1.807) is 23.4 Å². The van der Waals surface area contributed by atoms with Crippen LogP contribution < -0.4 is 15.5 Å². The third kappa shape index (κ3) is 6.51. The Morgan fingerprint density at radius 2 is 1.84 bits per heavy atom. The molecule has 1 saturated heterocycles. The second kappa shape index (κ2) is 11.1. The summed E-state index contributed by atoms with van der Waals surface area (Å²) < 4.78 is 0. The fraction of sp³-hybridized carbons (Fsp3) is 0.533. The number of nitrogens with zero attached hydrogens (tertiary/aromatic N) is 4. The molecule has 2 amide bonds. The van der Waals surface area contributed by atoms with E-state index >= 15 is 0 Å². The number of aromatic nitrogens is 1. The highest BCUT2D eigenvalue weighted by Crippen LogP contribution is 2.33. The van der Waals surface area contributed by atoms with Crippen LogP contribution in [-0.2, 0) is 15.0 Å². The van der Waals surface area contributed by atoms with Crippen molar-refractivity contribution in [1.29, 1.82) is 5.26 Å². The minimum atomic E-state index is -0.946. The molecule has 1 aromatic carbocycles. The van der Waals surface area contributed by atoms with Gasteiger partial charge in [0.15, 0.2) is 6.19 Å². The summed E-state index contributed by atoms with van der Waals surface area (Å²) in [6.07, 6.45) is 9.11. The Balaban J connectivity index is 1.75. The fourth-order valence-corrected chi connectivity index (χ4v) is 4.92. The van der Waals surface area contributed by atoms with Gasteiger partial charge in [-0.25, -0.2) is 0 Å². The van der Waals surface area contributed by atoms with Gasteiger partial charge in [0.25, 0.3) is 5.91 Å². The van der Waals surface area contributed by atoms with E-state index in [9.17, 15) is 14.9 Å². The zero-order valence-corrected chi connectivity index (χ0v) is 23.2. The first-order chi connectivity index (χ1) is 18.0. The van der Waals surface area contributed by atoms with E-state index in [0.717, 1.165) is 24.8 Å². The molecule has 1 unspecified atom stereocenters. The van der Waals surface area contributed by atoms with Crippen LogP contribution in [0.5, 0.6) is 0 Å². The lowest BCUT2D eigenvalue weighted by Crippen LogP contribution is -2.56. The van der Waals surface area contributed by atoms with Gasteiger partial charge in [-0.1, -0.05) is 39.0 Å². The molecule has 38 heavy (non-hydrogen) atoms. The highest BCUT2D eigenvalue weighted by Gasteiger charge is 2.41. The molecule has 0 bridgehead atoms. The molecule has 2 N–H and O–H groups in total. The summed E-state index contributed by atoms with van der Waals surface area (Å²) in [6, 6.07) is 10.4. The Morgan fingerprint density at radius 1 is 1.13 bits per heavy atom. The van der Waals surface area contributed by atoms with Crippen molar-refractivity contribution in [3.63, 3.8) is 0 Å². The monoisotopic (exact) mass is 516 g/mol. The number of likely N-dealkylation sites (tertiary alicyclic amines) is 1. The second-order valence-electron chi connectivity index (χ2n) is 12.2.